The third-order valence-corrected chi connectivity index (χ3v) is 5.01. The number of rotatable bonds is 2. The Morgan fingerprint density at radius 2 is 1.78 bits per heavy atom. The fourth-order valence-corrected chi connectivity index (χ4v) is 3.72. The number of carbonyl (C=O) groups excluding carboxylic acids is 1. The van der Waals surface area contributed by atoms with Crippen LogP contribution >= 0.6 is 22.6 Å². The van der Waals surface area contributed by atoms with Gasteiger partial charge in [-0.3, -0.25) is 4.79 Å². The molecule has 23 heavy (non-hydrogen) atoms. The molecular weight excluding hydrogens is 406 g/mol. The van der Waals surface area contributed by atoms with E-state index in [9.17, 15) is 9.18 Å². The molecule has 3 rings (SSSR count). The SMILES string of the molecule is Cc1ccc(C(=O)N2CCN(c3ccccc3F)CC2)c(I)c1. The largest absolute Gasteiger partial charge is 0.366 e. The lowest BCUT2D eigenvalue weighted by molar-refractivity contribution is 0.0745. The molecule has 1 aliphatic heterocycles. The van der Waals surface area contributed by atoms with E-state index in [0.717, 1.165) is 14.7 Å². The van der Waals surface area contributed by atoms with Crippen molar-refractivity contribution in [3.05, 3.63) is 63.0 Å². The van der Waals surface area contributed by atoms with Crippen molar-refractivity contribution in [1.29, 1.82) is 0 Å². The summed E-state index contributed by atoms with van der Waals surface area (Å²) in [7, 11) is 0. The summed E-state index contributed by atoms with van der Waals surface area (Å²) in [5, 5.41) is 0. The topological polar surface area (TPSA) is 23.6 Å². The quantitative estimate of drug-likeness (QED) is 0.687. The monoisotopic (exact) mass is 424 g/mol. The molecule has 0 N–H and O–H groups in total. The number of piperazine rings is 1. The highest BCUT2D eigenvalue weighted by molar-refractivity contribution is 14.1. The van der Waals surface area contributed by atoms with Crippen molar-refractivity contribution >= 4 is 34.2 Å². The zero-order chi connectivity index (χ0) is 16.4. The van der Waals surface area contributed by atoms with Crippen LogP contribution in [-0.4, -0.2) is 37.0 Å². The van der Waals surface area contributed by atoms with E-state index in [-0.39, 0.29) is 11.7 Å². The maximum absolute atomic E-state index is 13.9. The van der Waals surface area contributed by atoms with Gasteiger partial charge in [0.15, 0.2) is 0 Å². The number of nitrogens with zero attached hydrogens (tertiary/aromatic N) is 2. The third kappa shape index (κ3) is 3.49. The van der Waals surface area contributed by atoms with Crippen LogP contribution < -0.4 is 4.90 Å². The van der Waals surface area contributed by atoms with Crippen molar-refractivity contribution in [2.45, 2.75) is 6.92 Å². The summed E-state index contributed by atoms with van der Waals surface area (Å²) in [4.78, 5) is 16.5. The number of benzene rings is 2. The minimum absolute atomic E-state index is 0.0579. The van der Waals surface area contributed by atoms with Gasteiger partial charge in [-0.1, -0.05) is 23.8 Å². The second-order valence-corrected chi connectivity index (χ2v) is 6.88. The van der Waals surface area contributed by atoms with Crippen LogP contribution in [0.1, 0.15) is 15.9 Å². The van der Waals surface area contributed by atoms with Gasteiger partial charge in [0.05, 0.1) is 11.3 Å². The summed E-state index contributed by atoms with van der Waals surface area (Å²) in [5.41, 5.74) is 2.51. The first-order valence-electron chi connectivity index (χ1n) is 7.61. The summed E-state index contributed by atoms with van der Waals surface area (Å²) in [6, 6.07) is 12.7. The smallest absolute Gasteiger partial charge is 0.255 e. The van der Waals surface area contributed by atoms with Gasteiger partial charge in [0, 0.05) is 29.7 Å². The lowest BCUT2D eigenvalue weighted by atomic mass is 10.1. The summed E-state index contributed by atoms with van der Waals surface area (Å²) < 4.78 is 14.8. The zero-order valence-corrected chi connectivity index (χ0v) is 15.1. The van der Waals surface area contributed by atoms with Gasteiger partial charge in [-0.15, -0.1) is 0 Å². The van der Waals surface area contributed by atoms with E-state index in [1.807, 2.05) is 41.0 Å². The van der Waals surface area contributed by atoms with Crippen molar-refractivity contribution in [1.82, 2.24) is 4.90 Å². The second-order valence-electron chi connectivity index (χ2n) is 5.71. The fourth-order valence-electron chi connectivity index (χ4n) is 2.82. The molecule has 1 heterocycles. The van der Waals surface area contributed by atoms with Crippen molar-refractivity contribution in [3.63, 3.8) is 0 Å². The van der Waals surface area contributed by atoms with Gasteiger partial charge < -0.3 is 9.80 Å². The molecule has 0 saturated carbocycles. The first-order chi connectivity index (χ1) is 11.1. The van der Waals surface area contributed by atoms with E-state index in [0.29, 0.717) is 31.9 Å². The lowest BCUT2D eigenvalue weighted by Gasteiger charge is -2.36. The highest BCUT2D eigenvalue weighted by Crippen LogP contribution is 2.22. The molecule has 2 aromatic rings. The number of anilines is 1. The summed E-state index contributed by atoms with van der Waals surface area (Å²) >= 11 is 2.21. The Hall–Kier alpha value is -1.63. The number of para-hydroxylation sites is 1. The summed E-state index contributed by atoms with van der Waals surface area (Å²) in [6.45, 7) is 4.53. The van der Waals surface area contributed by atoms with Crippen molar-refractivity contribution in [2.75, 3.05) is 31.1 Å². The molecule has 0 aromatic heterocycles. The Kier molecular flexibility index (Phi) is 4.84. The molecule has 0 atom stereocenters. The lowest BCUT2D eigenvalue weighted by Crippen LogP contribution is -2.49. The fraction of sp³-hybridized carbons (Fsp3) is 0.278. The highest BCUT2D eigenvalue weighted by Gasteiger charge is 2.24. The van der Waals surface area contributed by atoms with Crippen LogP contribution in [-0.2, 0) is 0 Å². The number of hydrogen-bond acceptors (Lipinski definition) is 2. The second kappa shape index (κ2) is 6.86. The molecule has 1 aliphatic rings. The molecule has 1 amide bonds. The normalized spacial score (nSPS) is 14.9. The van der Waals surface area contributed by atoms with E-state index >= 15 is 0 Å². The average Bonchev–Trinajstić information content (AvgIpc) is 2.55. The highest BCUT2D eigenvalue weighted by atomic mass is 127. The molecular formula is C18H18FIN2O. The molecule has 1 saturated heterocycles. The molecule has 0 aliphatic carbocycles. The Morgan fingerprint density at radius 1 is 1.09 bits per heavy atom. The van der Waals surface area contributed by atoms with E-state index in [4.69, 9.17) is 0 Å². The minimum atomic E-state index is -0.208. The molecule has 5 heteroatoms. The zero-order valence-electron chi connectivity index (χ0n) is 12.9. The maximum atomic E-state index is 13.9. The molecule has 2 aromatic carbocycles. The van der Waals surface area contributed by atoms with Gasteiger partial charge in [-0.2, -0.15) is 0 Å². The number of halogens is 2. The van der Waals surface area contributed by atoms with E-state index < -0.39 is 0 Å². The van der Waals surface area contributed by atoms with Crippen LogP contribution in [0.15, 0.2) is 42.5 Å². The Morgan fingerprint density at radius 3 is 2.43 bits per heavy atom. The van der Waals surface area contributed by atoms with Gasteiger partial charge in [0.25, 0.3) is 5.91 Å². The molecule has 0 radical (unpaired) electrons. The average molecular weight is 424 g/mol. The molecule has 1 fully saturated rings. The Balaban J connectivity index is 1.69. The van der Waals surface area contributed by atoms with Crippen molar-refractivity contribution in [3.8, 4) is 0 Å². The first kappa shape index (κ1) is 16.2. The standard InChI is InChI=1S/C18H18FIN2O/c1-13-6-7-14(16(20)12-13)18(23)22-10-8-21(9-11-22)17-5-3-2-4-15(17)19/h2-7,12H,8-11H2,1H3. The molecule has 0 spiro atoms. The molecule has 0 bridgehead atoms. The summed E-state index contributed by atoms with van der Waals surface area (Å²) in [6.07, 6.45) is 0. The van der Waals surface area contributed by atoms with Gasteiger partial charge in [0.2, 0.25) is 0 Å². The van der Waals surface area contributed by atoms with Gasteiger partial charge in [0.1, 0.15) is 5.82 Å². The maximum Gasteiger partial charge on any atom is 0.255 e. The minimum Gasteiger partial charge on any atom is -0.366 e. The predicted molar refractivity (Wildman–Crippen MR) is 98.4 cm³/mol. The van der Waals surface area contributed by atoms with E-state index in [1.165, 1.54) is 6.07 Å². The first-order valence-corrected chi connectivity index (χ1v) is 8.69. The van der Waals surface area contributed by atoms with Crippen LogP contribution in [0.5, 0.6) is 0 Å². The van der Waals surface area contributed by atoms with Crippen LogP contribution in [0.3, 0.4) is 0 Å². The number of amides is 1. The number of aryl methyl sites for hydroxylation is 1. The van der Waals surface area contributed by atoms with E-state index in [1.54, 1.807) is 12.1 Å². The number of carbonyl (C=O) groups is 1. The van der Waals surface area contributed by atoms with Gasteiger partial charge in [-0.05, 0) is 53.8 Å². The number of hydrogen-bond donors (Lipinski definition) is 0. The van der Waals surface area contributed by atoms with E-state index in [2.05, 4.69) is 22.6 Å². The molecule has 0 unspecified atom stereocenters. The predicted octanol–water partition coefficient (Wildman–Crippen LogP) is 3.70. The van der Waals surface area contributed by atoms with Crippen LogP contribution in [0.4, 0.5) is 10.1 Å². The van der Waals surface area contributed by atoms with Crippen molar-refractivity contribution in [2.24, 2.45) is 0 Å². The van der Waals surface area contributed by atoms with Crippen LogP contribution in [0.25, 0.3) is 0 Å². The van der Waals surface area contributed by atoms with Gasteiger partial charge >= 0.3 is 0 Å². The van der Waals surface area contributed by atoms with Crippen LogP contribution in [0.2, 0.25) is 0 Å². The molecule has 3 nitrogen and oxygen atoms in total. The third-order valence-electron chi connectivity index (χ3n) is 4.12. The van der Waals surface area contributed by atoms with Gasteiger partial charge in [-0.25, -0.2) is 4.39 Å². The Labute approximate surface area is 149 Å². The Bertz CT molecular complexity index is 727. The van der Waals surface area contributed by atoms with Crippen LogP contribution in [0, 0.1) is 16.3 Å². The summed E-state index contributed by atoms with van der Waals surface area (Å²) in [5.74, 6) is -0.150. The van der Waals surface area contributed by atoms with Crippen molar-refractivity contribution < 1.29 is 9.18 Å². The molecule has 120 valence electrons.